The van der Waals surface area contributed by atoms with E-state index in [9.17, 15) is 4.79 Å². The van der Waals surface area contributed by atoms with Gasteiger partial charge in [0.25, 0.3) is 5.91 Å². The van der Waals surface area contributed by atoms with Crippen LogP contribution in [0.15, 0.2) is 48.8 Å². The third-order valence-electron chi connectivity index (χ3n) is 4.46. The molecule has 0 atom stereocenters. The minimum atomic E-state index is -0.0206. The van der Waals surface area contributed by atoms with Crippen LogP contribution in [0.3, 0.4) is 0 Å². The number of pyridine rings is 1. The normalized spacial score (nSPS) is 15.2. The number of rotatable bonds is 4. The molecular formula is C19H23N3O. The minimum Gasteiger partial charge on any atom is -0.349 e. The number of amides is 1. The van der Waals surface area contributed by atoms with Crippen LogP contribution in [0.2, 0.25) is 0 Å². The van der Waals surface area contributed by atoms with E-state index in [-0.39, 0.29) is 5.91 Å². The van der Waals surface area contributed by atoms with E-state index in [1.807, 2.05) is 48.3 Å². The molecule has 120 valence electrons. The van der Waals surface area contributed by atoms with E-state index in [0.717, 1.165) is 24.2 Å². The topological polar surface area (TPSA) is 45.2 Å². The second-order valence-electron chi connectivity index (χ2n) is 6.13. The molecule has 1 aliphatic carbocycles. The molecule has 0 radical (unpaired) electrons. The van der Waals surface area contributed by atoms with Crippen LogP contribution in [0, 0.1) is 0 Å². The van der Waals surface area contributed by atoms with Gasteiger partial charge < -0.3 is 10.2 Å². The molecule has 0 spiro atoms. The maximum atomic E-state index is 12.5. The van der Waals surface area contributed by atoms with E-state index >= 15 is 0 Å². The molecule has 1 aliphatic rings. The van der Waals surface area contributed by atoms with Crippen LogP contribution in [0.25, 0.3) is 0 Å². The molecule has 0 aliphatic heterocycles. The first kappa shape index (κ1) is 15.5. The van der Waals surface area contributed by atoms with Crippen molar-refractivity contribution in [2.75, 3.05) is 11.9 Å². The first-order valence-electron chi connectivity index (χ1n) is 8.29. The van der Waals surface area contributed by atoms with Gasteiger partial charge in [0.1, 0.15) is 0 Å². The molecule has 0 saturated heterocycles. The summed E-state index contributed by atoms with van der Waals surface area (Å²) in [6, 6.07) is 12.3. The highest BCUT2D eigenvalue weighted by atomic mass is 16.1. The lowest BCUT2D eigenvalue weighted by atomic mass is 9.95. The minimum absolute atomic E-state index is 0.0206. The molecule has 1 fully saturated rings. The molecule has 4 nitrogen and oxygen atoms in total. The van der Waals surface area contributed by atoms with E-state index in [2.05, 4.69) is 10.3 Å². The number of anilines is 2. The van der Waals surface area contributed by atoms with Crippen molar-refractivity contribution in [3.05, 3.63) is 54.4 Å². The number of hydrogen-bond acceptors (Lipinski definition) is 3. The van der Waals surface area contributed by atoms with Crippen molar-refractivity contribution in [3.8, 4) is 0 Å². The van der Waals surface area contributed by atoms with Gasteiger partial charge in [-0.2, -0.15) is 0 Å². The SMILES string of the molecule is CN(c1ccccc1)c1cncc(C(=O)NC2CCCCC2)c1. The summed E-state index contributed by atoms with van der Waals surface area (Å²) in [6.45, 7) is 0. The Kier molecular flexibility index (Phi) is 4.91. The number of nitrogens with one attached hydrogen (secondary N) is 1. The Bertz CT molecular complexity index is 651. The fraction of sp³-hybridized carbons (Fsp3) is 0.368. The maximum Gasteiger partial charge on any atom is 0.253 e. The van der Waals surface area contributed by atoms with Gasteiger partial charge in [-0.3, -0.25) is 9.78 Å². The van der Waals surface area contributed by atoms with E-state index in [1.54, 1.807) is 12.4 Å². The molecule has 1 aromatic carbocycles. The van der Waals surface area contributed by atoms with Crippen LogP contribution in [0.4, 0.5) is 11.4 Å². The van der Waals surface area contributed by atoms with Gasteiger partial charge in [-0.05, 0) is 31.0 Å². The molecule has 1 aromatic heterocycles. The Morgan fingerprint density at radius 2 is 1.83 bits per heavy atom. The summed E-state index contributed by atoms with van der Waals surface area (Å²) in [4.78, 5) is 18.7. The summed E-state index contributed by atoms with van der Waals surface area (Å²) in [7, 11) is 1.98. The predicted octanol–water partition coefficient (Wildman–Crippen LogP) is 3.91. The van der Waals surface area contributed by atoms with E-state index in [4.69, 9.17) is 0 Å². The molecule has 23 heavy (non-hydrogen) atoms. The lowest BCUT2D eigenvalue weighted by Gasteiger charge is -2.23. The van der Waals surface area contributed by atoms with Gasteiger partial charge in [0.2, 0.25) is 0 Å². The van der Waals surface area contributed by atoms with Crippen molar-refractivity contribution in [2.45, 2.75) is 38.1 Å². The highest BCUT2D eigenvalue weighted by molar-refractivity contribution is 5.95. The zero-order valence-corrected chi connectivity index (χ0v) is 13.5. The Morgan fingerprint density at radius 3 is 2.57 bits per heavy atom. The van der Waals surface area contributed by atoms with Gasteiger partial charge in [0.15, 0.2) is 0 Å². The number of carbonyl (C=O) groups is 1. The van der Waals surface area contributed by atoms with Crippen LogP contribution >= 0.6 is 0 Å². The van der Waals surface area contributed by atoms with E-state index < -0.39 is 0 Å². The van der Waals surface area contributed by atoms with Gasteiger partial charge in [-0.15, -0.1) is 0 Å². The largest absolute Gasteiger partial charge is 0.349 e. The first-order valence-corrected chi connectivity index (χ1v) is 8.29. The molecule has 0 bridgehead atoms. The summed E-state index contributed by atoms with van der Waals surface area (Å²) >= 11 is 0. The second-order valence-corrected chi connectivity index (χ2v) is 6.13. The molecule has 2 aromatic rings. The summed E-state index contributed by atoms with van der Waals surface area (Å²) in [6.07, 6.45) is 9.29. The summed E-state index contributed by atoms with van der Waals surface area (Å²) in [5.41, 5.74) is 2.60. The third-order valence-corrected chi connectivity index (χ3v) is 4.46. The Hall–Kier alpha value is -2.36. The number of nitrogens with zero attached hydrogens (tertiary/aromatic N) is 2. The van der Waals surface area contributed by atoms with Gasteiger partial charge in [0, 0.05) is 25.0 Å². The Labute approximate surface area is 137 Å². The van der Waals surface area contributed by atoms with Crippen molar-refractivity contribution in [1.82, 2.24) is 10.3 Å². The van der Waals surface area contributed by atoms with Crippen LogP contribution in [-0.4, -0.2) is 24.0 Å². The fourth-order valence-corrected chi connectivity index (χ4v) is 3.05. The smallest absolute Gasteiger partial charge is 0.253 e. The van der Waals surface area contributed by atoms with Gasteiger partial charge in [0.05, 0.1) is 17.4 Å². The Morgan fingerprint density at radius 1 is 1.09 bits per heavy atom. The third kappa shape index (κ3) is 3.89. The zero-order valence-electron chi connectivity index (χ0n) is 13.5. The van der Waals surface area contributed by atoms with Gasteiger partial charge in [-0.25, -0.2) is 0 Å². The molecule has 1 saturated carbocycles. The first-order chi connectivity index (χ1) is 11.2. The number of hydrogen-bond donors (Lipinski definition) is 1. The van der Waals surface area contributed by atoms with Crippen LogP contribution in [0.5, 0.6) is 0 Å². The molecular weight excluding hydrogens is 286 g/mol. The highest BCUT2D eigenvalue weighted by Crippen LogP contribution is 2.23. The quantitative estimate of drug-likeness (QED) is 0.931. The summed E-state index contributed by atoms with van der Waals surface area (Å²) in [5.74, 6) is -0.0206. The lowest BCUT2D eigenvalue weighted by Crippen LogP contribution is -2.36. The van der Waals surface area contributed by atoms with E-state index in [1.165, 1.54) is 19.3 Å². The number of para-hydroxylation sites is 1. The fourth-order valence-electron chi connectivity index (χ4n) is 3.05. The maximum absolute atomic E-state index is 12.5. The average molecular weight is 309 g/mol. The monoisotopic (exact) mass is 309 g/mol. The average Bonchev–Trinajstić information content (AvgIpc) is 2.63. The highest BCUT2D eigenvalue weighted by Gasteiger charge is 2.17. The lowest BCUT2D eigenvalue weighted by molar-refractivity contribution is 0.0927. The predicted molar refractivity (Wildman–Crippen MR) is 93.1 cm³/mol. The molecule has 1 amide bonds. The van der Waals surface area contributed by atoms with Gasteiger partial charge >= 0.3 is 0 Å². The molecule has 1 N–H and O–H groups in total. The Balaban J connectivity index is 1.72. The van der Waals surface area contributed by atoms with Crippen LogP contribution < -0.4 is 10.2 Å². The summed E-state index contributed by atoms with van der Waals surface area (Å²) < 4.78 is 0. The number of aromatic nitrogens is 1. The second kappa shape index (κ2) is 7.27. The van der Waals surface area contributed by atoms with Gasteiger partial charge in [-0.1, -0.05) is 37.5 Å². The van der Waals surface area contributed by atoms with Crippen LogP contribution in [-0.2, 0) is 0 Å². The van der Waals surface area contributed by atoms with Crippen molar-refractivity contribution < 1.29 is 4.79 Å². The summed E-state index contributed by atoms with van der Waals surface area (Å²) in [5, 5.41) is 3.14. The van der Waals surface area contributed by atoms with E-state index in [0.29, 0.717) is 11.6 Å². The molecule has 0 unspecified atom stereocenters. The van der Waals surface area contributed by atoms with Crippen molar-refractivity contribution in [3.63, 3.8) is 0 Å². The van der Waals surface area contributed by atoms with Crippen molar-refractivity contribution >= 4 is 17.3 Å². The number of carbonyl (C=O) groups excluding carboxylic acids is 1. The van der Waals surface area contributed by atoms with Crippen molar-refractivity contribution in [2.24, 2.45) is 0 Å². The molecule has 3 rings (SSSR count). The molecule has 4 heteroatoms. The number of benzene rings is 1. The van der Waals surface area contributed by atoms with Crippen LogP contribution in [0.1, 0.15) is 42.5 Å². The zero-order chi connectivity index (χ0) is 16.1. The standard InChI is InChI=1S/C19H23N3O/c1-22(17-10-6-3-7-11-17)18-12-15(13-20-14-18)19(23)21-16-8-4-2-5-9-16/h3,6-7,10-14,16H,2,4-5,8-9H2,1H3,(H,21,23). The molecule has 1 heterocycles. The van der Waals surface area contributed by atoms with Crippen molar-refractivity contribution in [1.29, 1.82) is 0 Å².